The molecule has 0 saturated carbocycles. The Kier molecular flexibility index (Phi) is 12.8. The summed E-state index contributed by atoms with van der Waals surface area (Å²) in [5.41, 5.74) is 0. The molecule has 22 heteroatoms. The van der Waals surface area contributed by atoms with Gasteiger partial charge in [-0.3, -0.25) is 9.47 Å². The fraction of sp³-hybridized carbons (Fsp3) is 0.778. The smallest absolute Gasteiger partial charge is 0.544 e. The Morgan fingerprint density at radius 3 is 0.774 bits per heavy atom. The maximum absolute atomic E-state index is 13.4. The number of rotatable bonds is 6. The van der Waals surface area contributed by atoms with Gasteiger partial charge >= 0.3 is 145 Å². The van der Waals surface area contributed by atoms with Gasteiger partial charge < -0.3 is 19.8 Å². The molecule has 0 aromatic heterocycles. The minimum Gasteiger partial charge on any atom is -0.544 e. The largest absolute Gasteiger partial charge is 1.00 e. The first-order chi connectivity index (χ1) is 12.3. The van der Waals surface area contributed by atoms with E-state index < -0.39 is 54.1 Å². The average Bonchev–Trinajstić information content (AvgIpc) is 2.40. The van der Waals surface area contributed by atoms with E-state index in [0.29, 0.717) is 0 Å². The molecule has 0 saturated heterocycles. The van der Waals surface area contributed by atoms with E-state index >= 15 is 0 Å². The van der Waals surface area contributed by atoms with Crippen LogP contribution in [0.25, 0.3) is 0 Å². The van der Waals surface area contributed by atoms with Crippen molar-refractivity contribution in [3.05, 3.63) is 0 Å². The third-order valence-corrected chi connectivity index (χ3v) is 2.57. The standard InChI is InChI=1S/C9H2F14O6.2K/c10-3(1(24)25,6(12,13)14)28-5(8(18,19)20,9(21,22)23)29-4(11,2(26)27)7(15,16)17;;/h(H,24,25)(H,26,27);;/q;2*+1/p-2. The van der Waals surface area contributed by atoms with Gasteiger partial charge in [0.15, 0.2) is 0 Å². The predicted octanol–water partition coefficient (Wildman–Crippen LogP) is -5.20. The number of aliphatic carboxylic acids is 2. The SMILES string of the molecule is O=C([O-])C(F)(OC(OC(F)(C(=O)[O-])C(F)(F)F)(C(F)(F)F)C(F)(F)F)C(F)(F)F.[K+].[K+]. The molecule has 0 aromatic rings. The first-order valence-electron chi connectivity index (χ1n) is 5.78. The maximum atomic E-state index is 13.4. The van der Waals surface area contributed by atoms with Crippen molar-refractivity contribution < 1.29 is 194 Å². The van der Waals surface area contributed by atoms with Crippen molar-refractivity contribution >= 4 is 11.9 Å². The third kappa shape index (κ3) is 7.08. The molecule has 0 N–H and O–H groups in total. The Hall–Kier alpha value is 1.15. The molecule has 0 radical (unpaired) electrons. The van der Waals surface area contributed by atoms with Crippen LogP contribution >= 0.6 is 0 Å². The summed E-state index contributed by atoms with van der Waals surface area (Å²) in [6.07, 6.45) is -30.7. The molecule has 0 aliphatic carbocycles. The van der Waals surface area contributed by atoms with Gasteiger partial charge in [-0.05, 0) is 0 Å². The van der Waals surface area contributed by atoms with Gasteiger partial charge in [-0.1, -0.05) is 0 Å². The zero-order valence-electron chi connectivity index (χ0n) is 14.2. The fourth-order valence-corrected chi connectivity index (χ4v) is 1.24. The van der Waals surface area contributed by atoms with Crippen molar-refractivity contribution in [2.24, 2.45) is 0 Å². The van der Waals surface area contributed by atoms with Gasteiger partial charge in [0, 0.05) is 0 Å². The number of hydrogen-bond acceptors (Lipinski definition) is 6. The van der Waals surface area contributed by atoms with Gasteiger partial charge in [0.05, 0.1) is 0 Å². The number of carboxylic acids is 2. The Balaban J connectivity index is -0.00000392. The van der Waals surface area contributed by atoms with Crippen LogP contribution in [0.15, 0.2) is 0 Å². The summed E-state index contributed by atoms with van der Waals surface area (Å²) in [5.74, 6) is -31.5. The average molecular weight is 548 g/mol. The Bertz CT molecular complexity index is 601. The second-order valence-electron chi connectivity index (χ2n) is 4.58. The number of carbonyl (C=O) groups excluding carboxylic acids is 2. The van der Waals surface area contributed by atoms with E-state index in [1.165, 1.54) is 0 Å². The van der Waals surface area contributed by atoms with E-state index in [1.54, 1.807) is 9.47 Å². The number of ether oxygens (including phenoxy) is 2. The first-order valence-corrected chi connectivity index (χ1v) is 5.78. The Morgan fingerprint density at radius 1 is 0.484 bits per heavy atom. The first kappa shape index (κ1) is 36.7. The predicted molar refractivity (Wildman–Crippen MR) is 46.8 cm³/mol. The molecule has 0 amide bonds. The van der Waals surface area contributed by atoms with Crippen molar-refractivity contribution in [2.45, 2.75) is 42.2 Å². The van der Waals surface area contributed by atoms with Gasteiger partial charge in [-0.2, -0.15) is 61.5 Å². The minimum absolute atomic E-state index is 0. The third-order valence-electron chi connectivity index (χ3n) is 2.57. The molecule has 0 fully saturated rings. The molecule has 0 rings (SSSR count). The molecular formula is C9F14K2O6. The summed E-state index contributed by atoms with van der Waals surface area (Å²) in [6.45, 7) is 0. The van der Waals surface area contributed by atoms with Crippen LogP contribution in [0.2, 0.25) is 0 Å². The minimum atomic E-state index is -7.92. The van der Waals surface area contributed by atoms with Crippen LogP contribution in [0, 0.1) is 0 Å². The number of hydrogen-bond donors (Lipinski definition) is 0. The van der Waals surface area contributed by atoms with Crippen molar-refractivity contribution in [1.82, 2.24) is 0 Å². The van der Waals surface area contributed by atoms with E-state index in [2.05, 4.69) is 0 Å². The summed E-state index contributed by atoms with van der Waals surface area (Å²) in [7, 11) is 0. The van der Waals surface area contributed by atoms with E-state index in [4.69, 9.17) is 0 Å². The number of carboxylic acid groups (broad SMARTS) is 2. The van der Waals surface area contributed by atoms with Crippen LogP contribution in [0.3, 0.4) is 0 Å². The summed E-state index contributed by atoms with van der Waals surface area (Å²) >= 11 is 0. The van der Waals surface area contributed by atoms with Gasteiger partial charge in [-0.15, -0.1) is 0 Å². The van der Waals surface area contributed by atoms with Gasteiger partial charge in [0.1, 0.15) is 11.9 Å². The van der Waals surface area contributed by atoms with Crippen molar-refractivity contribution in [2.75, 3.05) is 0 Å². The van der Waals surface area contributed by atoms with Crippen molar-refractivity contribution in [3.8, 4) is 0 Å². The monoisotopic (exact) mass is 548 g/mol. The molecule has 6 nitrogen and oxygen atoms in total. The van der Waals surface area contributed by atoms with Crippen LogP contribution in [0.4, 0.5) is 61.5 Å². The molecule has 2 atom stereocenters. The zero-order chi connectivity index (χ0) is 24.1. The Labute approximate surface area is 244 Å². The van der Waals surface area contributed by atoms with E-state index in [1.807, 2.05) is 0 Å². The van der Waals surface area contributed by atoms with Crippen LogP contribution in [-0.2, 0) is 19.1 Å². The molecule has 31 heavy (non-hydrogen) atoms. The molecule has 2 unspecified atom stereocenters. The molecule has 172 valence electrons. The zero-order valence-corrected chi connectivity index (χ0v) is 20.5. The van der Waals surface area contributed by atoms with Gasteiger partial charge in [0.2, 0.25) is 0 Å². The Morgan fingerprint density at radius 2 is 0.677 bits per heavy atom. The number of carbonyl (C=O) groups is 2. The summed E-state index contributed by atoms with van der Waals surface area (Å²) < 4.78 is 181. The number of alkyl halides is 14. The van der Waals surface area contributed by atoms with Crippen molar-refractivity contribution in [1.29, 1.82) is 0 Å². The molecular weight excluding hydrogens is 548 g/mol. The van der Waals surface area contributed by atoms with Crippen LogP contribution in [0.5, 0.6) is 0 Å². The molecule has 0 aliphatic heterocycles. The second kappa shape index (κ2) is 10.8. The topological polar surface area (TPSA) is 98.7 Å². The molecule has 0 aromatic carbocycles. The molecule has 0 spiro atoms. The van der Waals surface area contributed by atoms with E-state index in [-0.39, 0.29) is 103 Å². The fourth-order valence-electron chi connectivity index (χ4n) is 1.24. The molecule has 0 heterocycles. The molecule has 0 bridgehead atoms. The van der Waals surface area contributed by atoms with E-state index in [9.17, 15) is 81.3 Å². The second-order valence-corrected chi connectivity index (χ2v) is 4.58. The maximum Gasteiger partial charge on any atom is 1.00 e. The summed E-state index contributed by atoms with van der Waals surface area (Å²) in [6, 6.07) is 0. The van der Waals surface area contributed by atoms with Crippen LogP contribution < -0.4 is 113 Å². The van der Waals surface area contributed by atoms with Crippen LogP contribution in [0.1, 0.15) is 0 Å². The molecule has 0 aliphatic rings. The normalized spacial score (nSPS) is 17.5. The summed E-state index contributed by atoms with van der Waals surface area (Å²) in [5, 5.41) is 20.3. The van der Waals surface area contributed by atoms with Gasteiger partial charge in [0.25, 0.3) is 0 Å². The van der Waals surface area contributed by atoms with Crippen LogP contribution in [-0.4, -0.2) is 54.1 Å². The van der Waals surface area contributed by atoms with Gasteiger partial charge in [-0.25, -0.2) is 0 Å². The van der Waals surface area contributed by atoms with Crippen molar-refractivity contribution in [3.63, 3.8) is 0 Å². The van der Waals surface area contributed by atoms with E-state index in [0.717, 1.165) is 0 Å². The number of halogens is 14. The summed E-state index contributed by atoms with van der Waals surface area (Å²) in [4.78, 5) is 20.3. The quantitative estimate of drug-likeness (QED) is 0.187.